The van der Waals surface area contributed by atoms with Crippen LogP contribution in [0.1, 0.15) is 10.4 Å². The van der Waals surface area contributed by atoms with Crippen molar-refractivity contribution in [2.75, 3.05) is 5.32 Å². The van der Waals surface area contributed by atoms with Crippen LogP contribution in [0, 0.1) is 3.57 Å². The van der Waals surface area contributed by atoms with Crippen molar-refractivity contribution in [1.82, 2.24) is 0 Å². The molecule has 20 heavy (non-hydrogen) atoms. The van der Waals surface area contributed by atoms with Crippen molar-refractivity contribution in [1.29, 1.82) is 0 Å². The van der Waals surface area contributed by atoms with E-state index in [2.05, 4.69) is 27.9 Å². The first-order chi connectivity index (χ1) is 9.54. The molecule has 102 valence electrons. The summed E-state index contributed by atoms with van der Waals surface area (Å²) in [6, 6.07) is 10.8. The topological polar surface area (TPSA) is 76.1 Å². The van der Waals surface area contributed by atoms with Gasteiger partial charge in [0.05, 0.1) is 0 Å². The van der Waals surface area contributed by atoms with E-state index in [4.69, 9.17) is 5.73 Å². The Morgan fingerprint density at radius 3 is 2.55 bits per heavy atom. The number of nitrogens with two attached hydrogens (primary N) is 1. The molecule has 0 aliphatic heterocycles. The van der Waals surface area contributed by atoms with Gasteiger partial charge in [-0.15, -0.1) is 0 Å². The Morgan fingerprint density at radius 1 is 1.20 bits per heavy atom. The van der Waals surface area contributed by atoms with Crippen molar-refractivity contribution in [3.05, 3.63) is 57.9 Å². The van der Waals surface area contributed by atoms with E-state index in [-0.39, 0.29) is 12.5 Å². The summed E-state index contributed by atoms with van der Waals surface area (Å²) in [6.07, 6.45) is 3.26. The second-order valence-electron chi connectivity index (χ2n) is 4.18. The van der Waals surface area contributed by atoms with Crippen LogP contribution >= 0.6 is 22.6 Å². The molecule has 0 fully saturated rings. The Hall–Kier alpha value is -1.96. The summed E-state index contributed by atoms with van der Waals surface area (Å²) < 4.78 is 2.71. The first-order valence-corrected chi connectivity index (χ1v) is 6.97. The fraction of sp³-hybridized carbons (Fsp3) is 0.0714. The molecule has 2 aromatic rings. The van der Waals surface area contributed by atoms with Gasteiger partial charge in [0.1, 0.15) is 5.56 Å². The number of nitrogens with one attached hydrogen (secondary N) is 1. The van der Waals surface area contributed by atoms with Crippen molar-refractivity contribution >= 4 is 40.1 Å². The molecule has 3 N–H and O–H groups in total. The number of hydrogen-bond donors (Lipinski definition) is 2. The van der Waals surface area contributed by atoms with Gasteiger partial charge in [-0.25, -0.2) is 0 Å². The number of carbonyl (C=O) groups excluding carboxylic acids is 2. The zero-order valence-electron chi connectivity index (χ0n) is 10.5. The fourth-order valence-corrected chi connectivity index (χ4v) is 2.03. The van der Waals surface area contributed by atoms with Gasteiger partial charge < -0.3 is 11.1 Å². The zero-order chi connectivity index (χ0) is 14.5. The predicted molar refractivity (Wildman–Crippen MR) is 82.9 cm³/mol. The van der Waals surface area contributed by atoms with Gasteiger partial charge in [-0.05, 0) is 52.9 Å². The summed E-state index contributed by atoms with van der Waals surface area (Å²) in [7, 11) is 0. The van der Waals surface area contributed by atoms with E-state index in [1.807, 2.05) is 24.3 Å². The second-order valence-corrected chi connectivity index (χ2v) is 5.43. The molecule has 2 rings (SSSR count). The van der Waals surface area contributed by atoms with Crippen LogP contribution in [0.4, 0.5) is 5.69 Å². The Bertz CT molecular complexity index is 641. The van der Waals surface area contributed by atoms with Crippen LogP contribution in [-0.2, 0) is 11.3 Å². The molecule has 0 saturated carbocycles. The SMILES string of the molecule is NC(=O)c1ccc[n+](CC(=O)Nc2ccc(I)cc2)c1. The largest absolute Gasteiger partial charge is 0.365 e. The summed E-state index contributed by atoms with van der Waals surface area (Å²) in [5, 5.41) is 2.79. The number of amides is 2. The van der Waals surface area contributed by atoms with Crippen molar-refractivity contribution in [2.45, 2.75) is 6.54 Å². The van der Waals surface area contributed by atoms with E-state index in [9.17, 15) is 9.59 Å². The molecule has 2 amide bonds. The minimum atomic E-state index is -0.516. The van der Waals surface area contributed by atoms with E-state index in [1.165, 1.54) is 0 Å². The summed E-state index contributed by atoms with van der Waals surface area (Å²) in [5.74, 6) is -0.685. The monoisotopic (exact) mass is 382 g/mol. The molecule has 6 heteroatoms. The standard InChI is InChI=1S/C14H12IN3O2/c15-11-3-5-12(6-4-11)17-13(19)9-18-7-1-2-10(8-18)14(16)20/h1-8H,9H2,(H2-,16,17,19,20)/p+1. The normalized spacial score (nSPS) is 10.1. The molecule has 0 unspecified atom stereocenters. The van der Waals surface area contributed by atoms with Crippen molar-refractivity contribution in [3.8, 4) is 0 Å². The minimum absolute atomic E-state index is 0.118. The van der Waals surface area contributed by atoms with Gasteiger partial charge in [-0.1, -0.05) is 0 Å². The smallest absolute Gasteiger partial charge is 0.290 e. The van der Waals surface area contributed by atoms with Crippen LogP contribution in [0.5, 0.6) is 0 Å². The van der Waals surface area contributed by atoms with Crippen molar-refractivity contribution in [2.24, 2.45) is 5.73 Å². The molecule has 1 aromatic heterocycles. The van der Waals surface area contributed by atoms with Crippen LogP contribution in [0.15, 0.2) is 48.8 Å². The number of carbonyl (C=O) groups is 2. The predicted octanol–water partition coefficient (Wildman–Crippen LogP) is 1.32. The number of primary amides is 1. The highest BCUT2D eigenvalue weighted by Gasteiger charge is 2.12. The third kappa shape index (κ3) is 4.02. The molecule has 0 atom stereocenters. The summed E-state index contributed by atoms with van der Waals surface area (Å²) in [6.45, 7) is 0.118. The molecule has 0 aliphatic carbocycles. The molecule has 0 aliphatic rings. The van der Waals surface area contributed by atoms with Gasteiger partial charge in [0.15, 0.2) is 12.4 Å². The molecule has 1 aromatic carbocycles. The van der Waals surface area contributed by atoms with Crippen LogP contribution in [0.25, 0.3) is 0 Å². The number of benzene rings is 1. The molecule has 5 nitrogen and oxygen atoms in total. The van der Waals surface area contributed by atoms with E-state index in [1.54, 1.807) is 29.1 Å². The van der Waals surface area contributed by atoms with Crippen LogP contribution in [0.3, 0.4) is 0 Å². The van der Waals surface area contributed by atoms with Crippen LogP contribution in [-0.4, -0.2) is 11.8 Å². The summed E-state index contributed by atoms with van der Waals surface area (Å²) in [4.78, 5) is 23.0. The summed E-state index contributed by atoms with van der Waals surface area (Å²) in [5.41, 5.74) is 6.31. The van der Waals surface area contributed by atoms with E-state index in [0.717, 1.165) is 9.26 Å². The maximum absolute atomic E-state index is 11.9. The lowest BCUT2D eigenvalue weighted by molar-refractivity contribution is -0.684. The minimum Gasteiger partial charge on any atom is -0.365 e. The highest BCUT2D eigenvalue weighted by atomic mass is 127. The molecule has 0 radical (unpaired) electrons. The van der Waals surface area contributed by atoms with Gasteiger partial charge >= 0.3 is 0 Å². The number of pyridine rings is 1. The van der Waals surface area contributed by atoms with E-state index < -0.39 is 5.91 Å². The van der Waals surface area contributed by atoms with Gasteiger partial charge in [-0.3, -0.25) is 9.59 Å². The van der Waals surface area contributed by atoms with Crippen LogP contribution in [0.2, 0.25) is 0 Å². The van der Waals surface area contributed by atoms with Gasteiger partial charge in [0, 0.05) is 15.3 Å². The molecular weight excluding hydrogens is 369 g/mol. The number of halogens is 1. The Morgan fingerprint density at radius 2 is 1.90 bits per heavy atom. The number of rotatable bonds is 4. The van der Waals surface area contributed by atoms with E-state index in [0.29, 0.717) is 5.56 Å². The molecular formula is C14H13IN3O2+. The molecule has 0 bridgehead atoms. The van der Waals surface area contributed by atoms with Crippen LogP contribution < -0.4 is 15.6 Å². The summed E-state index contributed by atoms with van der Waals surface area (Å²) >= 11 is 2.20. The highest BCUT2D eigenvalue weighted by molar-refractivity contribution is 14.1. The molecule has 1 heterocycles. The number of nitrogens with zero attached hydrogens (tertiary/aromatic N) is 1. The lowest BCUT2D eigenvalue weighted by Crippen LogP contribution is -2.40. The maximum atomic E-state index is 11.9. The maximum Gasteiger partial charge on any atom is 0.290 e. The van der Waals surface area contributed by atoms with Gasteiger partial charge in [-0.2, -0.15) is 4.57 Å². The molecule has 0 saturated heterocycles. The Balaban J connectivity index is 2.02. The average molecular weight is 382 g/mol. The Kier molecular flexibility index (Phi) is 4.67. The van der Waals surface area contributed by atoms with Crippen molar-refractivity contribution in [3.63, 3.8) is 0 Å². The third-order valence-corrected chi connectivity index (χ3v) is 3.32. The molecule has 0 spiro atoms. The first kappa shape index (κ1) is 14.4. The lowest BCUT2D eigenvalue weighted by atomic mass is 10.2. The average Bonchev–Trinajstić information content (AvgIpc) is 2.41. The first-order valence-electron chi connectivity index (χ1n) is 5.89. The number of hydrogen-bond acceptors (Lipinski definition) is 2. The number of anilines is 1. The third-order valence-electron chi connectivity index (χ3n) is 2.60. The highest BCUT2D eigenvalue weighted by Crippen LogP contribution is 2.10. The van der Waals surface area contributed by atoms with E-state index >= 15 is 0 Å². The fourth-order valence-electron chi connectivity index (χ4n) is 1.67. The zero-order valence-corrected chi connectivity index (χ0v) is 12.7. The quantitative estimate of drug-likeness (QED) is 0.618. The number of aromatic nitrogens is 1. The second kappa shape index (κ2) is 6.47. The Labute approximate surface area is 129 Å². The van der Waals surface area contributed by atoms with Gasteiger partial charge in [0.25, 0.3) is 11.8 Å². The lowest BCUT2D eigenvalue weighted by Gasteiger charge is -2.03. The van der Waals surface area contributed by atoms with Gasteiger partial charge in [0.2, 0.25) is 6.54 Å². The van der Waals surface area contributed by atoms with Crippen molar-refractivity contribution < 1.29 is 14.2 Å².